The molecular formula is C3H2N2O3. The molecule has 5 heteroatoms. The van der Waals surface area contributed by atoms with Gasteiger partial charge in [-0.05, 0) is 0 Å². The number of nitrogens with zero attached hydrogens (tertiary/aromatic N) is 1. The standard InChI is InChI=1S/C3H2N2O3/c6-2-3(7)8-1-4-5-2/h1H,(H,5,6). The van der Waals surface area contributed by atoms with Gasteiger partial charge in [0.2, 0.25) is 6.39 Å². The molecule has 1 aromatic rings. The van der Waals surface area contributed by atoms with Crippen molar-refractivity contribution >= 4 is 0 Å². The van der Waals surface area contributed by atoms with Crippen LogP contribution in [-0.2, 0) is 0 Å². The molecule has 0 saturated carbocycles. The summed E-state index contributed by atoms with van der Waals surface area (Å²) < 4.78 is 4.05. The van der Waals surface area contributed by atoms with Crippen LogP contribution in [0.25, 0.3) is 0 Å². The van der Waals surface area contributed by atoms with E-state index in [1.807, 2.05) is 5.10 Å². The zero-order chi connectivity index (χ0) is 5.98. The van der Waals surface area contributed by atoms with Crippen molar-refractivity contribution in [1.29, 1.82) is 0 Å². The monoisotopic (exact) mass is 114 g/mol. The van der Waals surface area contributed by atoms with Crippen molar-refractivity contribution in [2.24, 2.45) is 0 Å². The molecule has 0 bridgehead atoms. The number of H-pyrrole nitrogens is 1. The van der Waals surface area contributed by atoms with Crippen molar-refractivity contribution in [3.8, 4) is 0 Å². The molecule has 0 saturated heterocycles. The number of aromatic amines is 1. The summed E-state index contributed by atoms with van der Waals surface area (Å²) in [6.07, 6.45) is 0.865. The van der Waals surface area contributed by atoms with Crippen molar-refractivity contribution in [3.05, 3.63) is 27.2 Å². The fraction of sp³-hybridized carbons (Fsp3) is 0. The third-order valence-electron chi connectivity index (χ3n) is 0.564. The van der Waals surface area contributed by atoms with E-state index < -0.39 is 11.2 Å². The van der Waals surface area contributed by atoms with Crippen molar-refractivity contribution < 1.29 is 4.42 Å². The van der Waals surface area contributed by atoms with Crippen LogP contribution in [-0.4, -0.2) is 10.2 Å². The Morgan fingerprint density at radius 1 is 1.62 bits per heavy atom. The molecule has 1 N–H and O–H groups in total. The Bertz CT molecular complexity index is 243. The predicted octanol–water partition coefficient (Wildman–Crippen LogP) is -1.28. The van der Waals surface area contributed by atoms with Crippen LogP contribution in [0, 0.1) is 0 Å². The maximum absolute atomic E-state index is 10.1. The lowest BCUT2D eigenvalue weighted by Crippen LogP contribution is -2.25. The molecule has 0 radical (unpaired) electrons. The number of aromatic nitrogens is 2. The highest BCUT2D eigenvalue weighted by Gasteiger charge is 1.87. The van der Waals surface area contributed by atoms with E-state index in [1.54, 1.807) is 0 Å². The van der Waals surface area contributed by atoms with Gasteiger partial charge in [-0.25, -0.2) is 9.89 Å². The number of nitrogens with one attached hydrogen (secondary N) is 1. The number of hydrogen-bond donors (Lipinski definition) is 1. The van der Waals surface area contributed by atoms with E-state index >= 15 is 0 Å². The van der Waals surface area contributed by atoms with Crippen molar-refractivity contribution in [2.75, 3.05) is 0 Å². The van der Waals surface area contributed by atoms with E-state index in [2.05, 4.69) is 9.52 Å². The van der Waals surface area contributed by atoms with Gasteiger partial charge in [0.25, 0.3) is 0 Å². The lowest BCUT2D eigenvalue weighted by Gasteiger charge is -1.73. The lowest BCUT2D eigenvalue weighted by molar-refractivity contribution is 0.463. The molecule has 0 aliphatic carbocycles. The van der Waals surface area contributed by atoms with Gasteiger partial charge in [0, 0.05) is 0 Å². The van der Waals surface area contributed by atoms with Gasteiger partial charge in [0.15, 0.2) is 0 Å². The van der Waals surface area contributed by atoms with E-state index in [4.69, 9.17) is 0 Å². The molecule has 0 aliphatic rings. The minimum absolute atomic E-state index is 0.840. The number of rotatable bonds is 0. The molecule has 1 heterocycles. The summed E-state index contributed by atoms with van der Waals surface area (Å²) in [7, 11) is 0. The maximum atomic E-state index is 10.1. The highest BCUT2D eigenvalue weighted by atomic mass is 16.4. The summed E-state index contributed by atoms with van der Waals surface area (Å²) in [5, 5.41) is 5.03. The molecule has 0 aliphatic heterocycles. The Morgan fingerprint density at radius 3 is 2.75 bits per heavy atom. The number of hydrogen-bond acceptors (Lipinski definition) is 4. The fourth-order valence-corrected chi connectivity index (χ4v) is 0.258. The Labute approximate surface area is 43.0 Å². The average molecular weight is 114 g/mol. The first kappa shape index (κ1) is 4.76. The summed E-state index contributed by atoms with van der Waals surface area (Å²) in [5.41, 5.74) is -1.77. The summed E-state index contributed by atoms with van der Waals surface area (Å²) in [6.45, 7) is 0. The van der Waals surface area contributed by atoms with Crippen molar-refractivity contribution in [1.82, 2.24) is 10.2 Å². The Kier molecular flexibility index (Phi) is 0.957. The molecule has 0 fully saturated rings. The second kappa shape index (κ2) is 1.61. The minimum Gasteiger partial charge on any atom is -0.406 e. The normalized spacial score (nSPS) is 9.00. The SMILES string of the molecule is O=c1[nH]ncoc1=O. The van der Waals surface area contributed by atoms with Gasteiger partial charge in [0.05, 0.1) is 0 Å². The van der Waals surface area contributed by atoms with Crippen LogP contribution in [0.5, 0.6) is 0 Å². The Morgan fingerprint density at radius 2 is 2.38 bits per heavy atom. The van der Waals surface area contributed by atoms with Gasteiger partial charge >= 0.3 is 11.2 Å². The lowest BCUT2D eigenvalue weighted by atomic mass is 10.9. The molecule has 0 atom stereocenters. The molecule has 1 rings (SSSR count). The third kappa shape index (κ3) is 0.651. The molecule has 1 aromatic heterocycles. The van der Waals surface area contributed by atoms with Crippen LogP contribution in [0.15, 0.2) is 20.4 Å². The second-order valence-corrected chi connectivity index (χ2v) is 1.08. The highest BCUT2D eigenvalue weighted by Crippen LogP contribution is 1.51. The molecule has 0 aromatic carbocycles. The molecule has 0 spiro atoms. The fourth-order valence-electron chi connectivity index (χ4n) is 0.258. The third-order valence-corrected chi connectivity index (χ3v) is 0.564. The first-order chi connectivity index (χ1) is 3.80. The minimum atomic E-state index is -0.931. The summed E-state index contributed by atoms with van der Waals surface area (Å²) in [6, 6.07) is 0. The second-order valence-electron chi connectivity index (χ2n) is 1.08. The van der Waals surface area contributed by atoms with E-state index in [1.165, 1.54) is 0 Å². The van der Waals surface area contributed by atoms with Crippen molar-refractivity contribution in [3.63, 3.8) is 0 Å². The summed E-state index contributed by atoms with van der Waals surface area (Å²) >= 11 is 0. The van der Waals surface area contributed by atoms with Crippen LogP contribution >= 0.6 is 0 Å². The molecule has 0 unspecified atom stereocenters. The Hall–Kier alpha value is -1.39. The topological polar surface area (TPSA) is 76.0 Å². The van der Waals surface area contributed by atoms with Gasteiger partial charge in [0.1, 0.15) is 0 Å². The van der Waals surface area contributed by atoms with E-state index in [9.17, 15) is 9.59 Å². The zero-order valence-electron chi connectivity index (χ0n) is 3.75. The van der Waals surface area contributed by atoms with Crippen LogP contribution in [0.2, 0.25) is 0 Å². The van der Waals surface area contributed by atoms with Crippen LogP contribution in [0.4, 0.5) is 0 Å². The zero-order valence-corrected chi connectivity index (χ0v) is 3.75. The van der Waals surface area contributed by atoms with Gasteiger partial charge in [-0.2, -0.15) is 0 Å². The van der Waals surface area contributed by atoms with Crippen molar-refractivity contribution in [2.45, 2.75) is 0 Å². The van der Waals surface area contributed by atoms with Gasteiger partial charge in [-0.1, -0.05) is 0 Å². The molecule has 5 nitrogen and oxygen atoms in total. The first-order valence-corrected chi connectivity index (χ1v) is 1.83. The van der Waals surface area contributed by atoms with Crippen LogP contribution in [0.3, 0.4) is 0 Å². The maximum Gasteiger partial charge on any atom is 0.405 e. The average Bonchev–Trinajstić information content (AvgIpc) is 1.77. The largest absolute Gasteiger partial charge is 0.406 e. The van der Waals surface area contributed by atoms with E-state index in [0.717, 1.165) is 6.39 Å². The van der Waals surface area contributed by atoms with Crippen LogP contribution < -0.4 is 11.2 Å². The van der Waals surface area contributed by atoms with E-state index in [-0.39, 0.29) is 0 Å². The Balaban J connectivity index is 3.59. The van der Waals surface area contributed by atoms with Gasteiger partial charge in [-0.3, -0.25) is 4.79 Å². The summed E-state index contributed by atoms with van der Waals surface area (Å²) in [4.78, 5) is 20.2. The predicted molar refractivity (Wildman–Crippen MR) is 23.4 cm³/mol. The first-order valence-electron chi connectivity index (χ1n) is 1.83. The smallest absolute Gasteiger partial charge is 0.405 e. The van der Waals surface area contributed by atoms with E-state index in [0.29, 0.717) is 0 Å². The molecule has 42 valence electrons. The quantitative estimate of drug-likeness (QED) is 0.426. The van der Waals surface area contributed by atoms with Crippen LogP contribution in [0.1, 0.15) is 0 Å². The van der Waals surface area contributed by atoms with Gasteiger partial charge in [-0.15, -0.1) is 5.10 Å². The molecular weight excluding hydrogens is 112 g/mol. The highest BCUT2D eigenvalue weighted by molar-refractivity contribution is 4.61. The molecule has 0 amide bonds. The molecule has 8 heavy (non-hydrogen) atoms. The summed E-state index contributed by atoms with van der Waals surface area (Å²) in [5.74, 6) is 0. The van der Waals surface area contributed by atoms with Gasteiger partial charge < -0.3 is 4.42 Å².